The van der Waals surface area contributed by atoms with E-state index in [1.807, 2.05) is 72.8 Å². The van der Waals surface area contributed by atoms with Gasteiger partial charge in [0.15, 0.2) is 17.5 Å². The Labute approximate surface area is 290 Å². The average Bonchev–Trinajstić information content (AvgIpc) is 3.86. The Kier molecular flexibility index (Phi) is 5.86. The average molecular weight is 655 g/mol. The van der Waals surface area contributed by atoms with Gasteiger partial charge in [-0.05, 0) is 48.5 Å². The van der Waals surface area contributed by atoms with Crippen LogP contribution in [-0.2, 0) is 0 Å². The summed E-state index contributed by atoms with van der Waals surface area (Å²) in [6.07, 6.45) is 0. The summed E-state index contributed by atoms with van der Waals surface area (Å²) in [5, 5.41) is 6.45. The van der Waals surface area contributed by atoms with Crippen molar-refractivity contribution in [3.63, 3.8) is 0 Å². The fraction of sp³-hybridized carbons (Fsp3) is 0. The number of hydrogen-bond acceptors (Lipinski definition) is 5. The molecular weight excluding hydrogens is 629 g/mol. The molecule has 6 heteroatoms. The highest BCUT2D eigenvalue weighted by Crippen LogP contribution is 2.41. The maximum Gasteiger partial charge on any atom is 0.164 e. The lowest BCUT2D eigenvalue weighted by molar-refractivity contribution is 0.669. The Morgan fingerprint density at radius 3 is 1.88 bits per heavy atom. The van der Waals surface area contributed by atoms with Crippen molar-refractivity contribution in [1.29, 1.82) is 0 Å². The second kappa shape index (κ2) is 10.7. The van der Waals surface area contributed by atoms with E-state index < -0.39 is 0 Å². The van der Waals surface area contributed by atoms with Crippen molar-refractivity contribution in [1.82, 2.24) is 19.5 Å². The van der Waals surface area contributed by atoms with Crippen LogP contribution in [0.1, 0.15) is 0 Å². The highest BCUT2D eigenvalue weighted by molar-refractivity contribution is 6.19. The van der Waals surface area contributed by atoms with Crippen molar-refractivity contribution in [2.75, 3.05) is 0 Å². The molecule has 238 valence electrons. The summed E-state index contributed by atoms with van der Waals surface area (Å²) in [6.45, 7) is 0. The van der Waals surface area contributed by atoms with Gasteiger partial charge in [0.25, 0.3) is 0 Å². The molecule has 0 aliphatic carbocycles. The summed E-state index contributed by atoms with van der Waals surface area (Å²) in [5.41, 5.74) is 9.19. The maximum atomic E-state index is 6.62. The van der Waals surface area contributed by atoms with Gasteiger partial charge in [-0.1, -0.05) is 103 Å². The summed E-state index contributed by atoms with van der Waals surface area (Å²) >= 11 is 0. The van der Waals surface area contributed by atoms with Gasteiger partial charge >= 0.3 is 0 Å². The van der Waals surface area contributed by atoms with Crippen molar-refractivity contribution in [2.45, 2.75) is 0 Å². The first-order valence-electron chi connectivity index (χ1n) is 16.9. The van der Waals surface area contributed by atoms with Crippen LogP contribution in [0.4, 0.5) is 0 Å². The molecule has 51 heavy (non-hydrogen) atoms. The topological polar surface area (TPSA) is 69.9 Å². The predicted octanol–water partition coefficient (Wildman–Crippen LogP) is 11.8. The van der Waals surface area contributed by atoms with Crippen molar-refractivity contribution < 1.29 is 8.83 Å². The van der Waals surface area contributed by atoms with E-state index in [9.17, 15) is 0 Å². The zero-order valence-electron chi connectivity index (χ0n) is 27.1. The van der Waals surface area contributed by atoms with Gasteiger partial charge in [0.05, 0.1) is 11.0 Å². The summed E-state index contributed by atoms with van der Waals surface area (Å²) in [7, 11) is 0. The number of para-hydroxylation sites is 3. The smallest absolute Gasteiger partial charge is 0.164 e. The third-order valence-corrected chi connectivity index (χ3v) is 9.85. The first kappa shape index (κ1) is 27.9. The monoisotopic (exact) mass is 654 g/mol. The number of hydrogen-bond donors (Lipinski definition) is 0. The molecule has 0 unspecified atom stereocenters. The largest absolute Gasteiger partial charge is 0.456 e. The van der Waals surface area contributed by atoms with Gasteiger partial charge in [0, 0.05) is 60.8 Å². The summed E-state index contributed by atoms with van der Waals surface area (Å²) < 4.78 is 15.2. The molecular formula is C45H26N4O2. The van der Waals surface area contributed by atoms with Crippen LogP contribution in [-0.4, -0.2) is 19.5 Å². The van der Waals surface area contributed by atoms with Crippen LogP contribution in [0.2, 0.25) is 0 Å². The maximum absolute atomic E-state index is 6.62. The van der Waals surface area contributed by atoms with Gasteiger partial charge in [-0.2, -0.15) is 0 Å². The van der Waals surface area contributed by atoms with E-state index in [1.54, 1.807) is 0 Å². The normalized spacial score (nSPS) is 11.9. The molecule has 4 aromatic heterocycles. The van der Waals surface area contributed by atoms with Crippen molar-refractivity contribution in [2.24, 2.45) is 0 Å². The van der Waals surface area contributed by atoms with E-state index in [0.29, 0.717) is 17.5 Å². The highest BCUT2D eigenvalue weighted by atomic mass is 16.3. The summed E-state index contributed by atoms with van der Waals surface area (Å²) in [4.78, 5) is 15.2. The lowest BCUT2D eigenvalue weighted by Gasteiger charge is -2.09. The molecule has 0 spiro atoms. The van der Waals surface area contributed by atoms with Crippen molar-refractivity contribution in [3.05, 3.63) is 158 Å². The summed E-state index contributed by atoms with van der Waals surface area (Å²) in [6, 6.07) is 53.9. The van der Waals surface area contributed by atoms with E-state index >= 15 is 0 Å². The number of aromatic nitrogens is 4. The second-order valence-electron chi connectivity index (χ2n) is 12.8. The highest BCUT2D eigenvalue weighted by Gasteiger charge is 2.21. The lowest BCUT2D eigenvalue weighted by atomic mass is 10.0. The van der Waals surface area contributed by atoms with Crippen LogP contribution in [0.25, 0.3) is 106 Å². The van der Waals surface area contributed by atoms with Gasteiger partial charge in [-0.25, -0.2) is 15.0 Å². The number of benzene rings is 7. The third kappa shape index (κ3) is 4.26. The minimum absolute atomic E-state index is 0.569. The Hall–Kier alpha value is -7.05. The van der Waals surface area contributed by atoms with E-state index in [1.165, 1.54) is 5.39 Å². The Balaban J connectivity index is 1.16. The second-order valence-corrected chi connectivity index (χ2v) is 12.8. The van der Waals surface area contributed by atoms with Crippen molar-refractivity contribution >= 4 is 65.7 Å². The SMILES string of the molecule is c1ccc(-c2nc(-c3ccc4c(c3)oc3ccccc34)nc(-c3cccc4oc5cc6c(cc5c34)c3ccccc3n6-c3ccccc3)n2)cc1. The fourth-order valence-electron chi connectivity index (χ4n) is 7.54. The molecule has 0 saturated heterocycles. The molecule has 0 aliphatic heterocycles. The van der Waals surface area contributed by atoms with Gasteiger partial charge in [0.2, 0.25) is 0 Å². The van der Waals surface area contributed by atoms with Crippen LogP contribution in [0, 0.1) is 0 Å². The molecule has 11 rings (SSSR count). The van der Waals surface area contributed by atoms with E-state index in [0.717, 1.165) is 82.7 Å². The molecule has 0 N–H and O–H groups in total. The van der Waals surface area contributed by atoms with Gasteiger partial charge in [0.1, 0.15) is 22.3 Å². The molecule has 4 heterocycles. The van der Waals surface area contributed by atoms with Gasteiger partial charge < -0.3 is 13.4 Å². The Bertz CT molecular complexity index is 3140. The molecule has 0 atom stereocenters. The number of fused-ring (bicyclic) bond motifs is 9. The van der Waals surface area contributed by atoms with E-state index in [2.05, 4.69) is 89.5 Å². The number of rotatable bonds is 4. The third-order valence-electron chi connectivity index (χ3n) is 9.85. The van der Waals surface area contributed by atoms with Crippen LogP contribution >= 0.6 is 0 Å². The molecule has 0 amide bonds. The van der Waals surface area contributed by atoms with Gasteiger partial charge in [-0.15, -0.1) is 0 Å². The quantitative estimate of drug-likeness (QED) is 0.189. The lowest BCUT2D eigenvalue weighted by Crippen LogP contribution is -2.00. The standard InChI is InChI=1S/C45H26N4O2/c1-3-12-27(13-4-1)43-46-44(28-22-23-32-31-17-8-10-20-38(31)50-40(32)24-28)48-45(47-43)33-18-11-21-39-42(33)35-25-34-30-16-7-9-19-36(30)49(29-14-5-2-6-15-29)37(34)26-41(35)51-39/h1-26H. The first-order valence-corrected chi connectivity index (χ1v) is 16.9. The van der Waals surface area contributed by atoms with Crippen molar-refractivity contribution in [3.8, 4) is 39.9 Å². The van der Waals surface area contributed by atoms with Crippen LogP contribution in [0.15, 0.2) is 167 Å². The fourth-order valence-corrected chi connectivity index (χ4v) is 7.54. The Morgan fingerprint density at radius 2 is 1.02 bits per heavy atom. The number of nitrogens with zero attached hydrogens (tertiary/aromatic N) is 4. The van der Waals surface area contributed by atoms with Crippen LogP contribution in [0.5, 0.6) is 0 Å². The molecule has 0 fully saturated rings. The number of furan rings is 2. The molecule has 7 aromatic carbocycles. The van der Waals surface area contributed by atoms with Gasteiger partial charge in [-0.3, -0.25) is 0 Å². The van der Waals surface area contributed by atoms with Crippen LogP contribution in [0.3, 0.4) is 0 Å². The van der Waals surface area contributed by atoms with E-state index in [-0.39, 0.29) is 0 Å². The predicted molar refractivity (Wildman–Crippen MR) is 205 cm³/mol. The Morgan fingerprint density at radius 1 is 0.373 bits per heavy atom. The van der Waals surface area contributed by atoms with E-state index in [4.69, 9.17) is 23.8 Å². The molecule has 6 nitrogen and oxygen atoms in total. The molecule has 0 radical (unpaired) electrons. The molecule has 0 saturated carbocycles. The van der Waals surface area contributed by atoms with Crippen LogP contribution < -0.4 is 0 Å². The minimum Gasteiger partial charge on any atom is -0.456 e. The first-order chi connectivity index (χ1) is 25.3. The minimum atomic E-state index is 0.569. The molecule has 11 aromatic rings. The zero-order valence-corrected chi connectivity index (χ0v) is 27.1. The summed E-state index contributed by atoms with van der Waals surface area (Å²) in [5.74, 6) is 1.74. The zero-order chi connectivity index (χ0) is 33.5. The molecule has 0 aliphatic rings. The molecule has 0 bridgehead atoms.